The van der Waals surface area contributed by atoms with Gasteiger partial charge in [-0.15, -0.1) is 0 Å². The van der Waals surface area contributed by atoms with Gasteiger partial charge < -0.3 is 10.6 Å². The number of rotatable bonds is 5. The highest BCUT2D eigenvalue weighted by atomic mass is 79.9. The summed E-state index contributed by atoms with van der Waals surface area (Å²) in [5.41, 5.74) is 0.999. The minimum Gasteiger partial charge on any atom is -0.366 e. The minimum absolute atomic E-state index is 0.278. The molecule has 6 heteroatoms. The fraction of sp³-hybridized carbons (Fsp3) is 0.267. The highest BCUT2D eigenvalue weighted by Crippen LogP contribution is 2.15. The van der Waals surface area contributed by atoms with E-state index in [9.17, 15) is 4.79 Å². The highest BCUT2D eigenvalue weighted by molar-refractivity contribution is 9.10. The molecule has 0 radical (unpaired) electrons. The van der Waals surface area contributed by atoms with Crippen LogP contribution in [0.15, 0.2) is 41.1 Å². The molecule has 110 valence electrons. The third kappa shape index (κ3) is 4.53. The van der Waals surface area contributed by atoms with Crippen LogP contribution in [0.25, 0.3) is 0 Å². The van der Waals surface area contributed by atoms with Gasteiger partial charge >= 0.3 is 0 Å². The first kappa shape index (κ1) is 15.4. The molecular weight excluding hydrogens is 332 g/mol. The Balaban J connectivity index is 2.01. The Morgan fingerprint density at radius 2 is 1.95 bits per heavy atom. The van der Waals surface area contributed by atoms with Gasteiger partial charge in [0.25, 0.3) is 5.91 Å². The van der Waals surface area contributed by atoms with Crippen LogP contribution in [0.3, 0.4) is 0 Å². The number of benzene rings is 1. The van der Waals surface area contributed by atoms with Crippen molar-refractivity contribution in [3.8, 4) is 0 Å². The van der Waals surface area contributed by atoms with Crippen LogP contribution in [0, 0.1) is 0 Å². The summed E-state index contributed by atoms with van der Waals surface area (Å²) in [6.45, 7) is 4.15. The van der Waals surface area contributed by atoms with Gasteiger partial charge in [-0.25, -0.2) is 9.97 Å². The monoisotopic (exact) mass is 348 g/mol. The quantitative estimate of drug-likeness (QED) is 0.864. The number of carbonyl (C=O) groups is 1. The average Bonchev–Trinajstić information content (AvgIpc) is 2.50. The first-order valence-electron chi connectivity index (χ1n) is 6.74. The molecule has 1 amide bonds. The van der Waals surface area contributed by atoms with Gasteiger partial charge in [0.05, 0.1) is 12.4 Å². The Morgan fingerprint density at radius 3 is 2.52 bits per heavy atom. The Hall–Kier alpha value is -1.95. The molecule has 0 aliphatic carbocycles. The van der Waals surface area contributed by atoms with E-state index in [4.69, 9.17) is 0 Å². The molecule has 0 bridgehead atoms. The van der Waals surface area contributed by atoms with Gasteiger partial charge in [-0.1, -0.05) is 22.9 Å². The Bertz CT molecular complexity index is 598. The summed E-state index contributed by atoms with van der Waals surface area (Å²) >= 11 is 3.35. The van der Waals surface area contributed by atoms with Crippen LogP contribution < -0.4 is 10.6 Å². The van der Waals surface area contributed by atoms with E-state index in [1.54, 1.807) is 6.20 Å². The molecule has 1 atom stereocenters. The Kier molecular flexibility index (Phi) is 5.27. The van der Waals surface area contributed by atoms with Gasteiger partial charge in [0.2, 0.25) is 0 Å². The first-order valence-corrected chi connectivity index (χ1v) is 7.53. The maximum absolute atomic E-state index is 12.0. The average molecular weight is 349 g/mol. The summed E-state index contributed by atoms with van der Waals surface area (Å²) in [6, 6.07) is 7.67. The van der Waals surface area contributed by atoms with E-state index in [1.807, 2.05) is 24.3 Å². The van der Waals surface area contributed by atoms with Gasteiger partial charge in [-0.3, -0.25) is 4.79 Å². The molecule has 1 heterocycles. The Morgan fingerprint density at radius 1 is 1.24 bits per heavy atom. The third-order valence-electron chi connectivity index (χ3n) is 2.99. The number of hydrogen-bond donors (Lipinski definition) is 2. The first-order chi connectivity index (χ1) is 10.1. The van der Waals surface area contributed by atoms with Crippen LogP contribution in [0.4, 0.5) is 11.5 Å². The van der Waals surface area contributed by atoms with Crippen molar-refractivity contribution in [2.24, 2.45) is 0 Å². The number of hydrogen-bond acceptors (Lipinski definition) is 4. The van der Waals surface area contributed by atoms with Crippen LogP contribution in [0.5, 0.6) is 0 Å². The van der Waals surface area contributed by atoms with E-state index in [0.717, 1.165) is 10.9 Å². The van der Waals surface area contributed by atoms with E-state index in [0.29, 0.717) is 17.5 Å². The second-order valence-corrected chi connectivity index (χ2v) is 5.62. The molecule has 0 saturated carbocycles. The van der Waals surface area contributed by atoms with Crippen molar-refractivity contribution in [3.05, 3.63) is 46.8 Å². The normalized spacial score (nSPS) is 11.8. The molecule has 2 N–H and O–H groups in total. The second-order valence-electron chi connectivity index (χ2n) is 4.70. The molecule has 0 spiro atoms. The van der Waals surface area contributed by atoms with Gasteiger partial charge in [0.15, 0.2) is 0 Å². The van der Waals surface area contributed by atoms with E-state index < -0.39 is 0 Å². The molecule has 0 saturated heterocycles. The summed E-state index contributed by atoms with van der Waals surface area (Å²) in [6.07, 6.45) is 4.04. The van der Waals surface area contributed by atoms with Crippen molar-refractivity contribution in [1.82, 2.24) is 9.97 Å². The summed E-state index contributed by atoms with van der Waals surface area (Å²) < 4.78 is 0.959. The molecule has 1 unspecified atom stereocenters. The van der Waals surface area contributed by atoms with Crippen molar-refractivity contribution in [2.75, 3.05) is 10.6 Å². The zero-order valence-corrected chi connectivity index (χ0v) is 13.5. The molecular formula is C15H17BrN4O. The second kappa shape index (κ2) is 7.17. The summed E-state index contributed by atoms with van der Waals surface area (Å²) in [5, 5.41) is 5.98. The SMILES string of the molecule is CCC(C)Nc1cnc(C(=O)Nc2ccc(Br)cc2)cn1. The van der Waals surface area contributed by atoms with Gasteiger partial charge in [0, 0.05) is 16.2 Å². The van der Waals surface area contributed by atoms with Crippen molar-refractivity contribution < 1.29 is 4.79 Å². The number of aromatic nitrogens is 2. The Labute approximate surface area is 132 Å². The highest BCUT2D eigenvalue weighted by Gasteiger charge is 2.09. The number of carbonyl (C=O) groups excluding carboxylic acids is 1. The zero-order valence-electron chi connectivity index (χ0n) is 11.9. The summed E-state index contributed by atoms with van der Waals surface area (Å²) in [5.74, 6) is 0.393. The lowest BCUT2D eigenvalue weighted by atomic mass is 10.2. The zero-order chi connectivity index (χ0) is 15.2. The van der Waals surface area contributed by atoms with Crippen LogP contribution in [0.1, 0.15) is 30.8 Å². The molecule has 0 fully saturated rings. The van der Waals surface area contributed by atoms with Gasteiger partial charge in [0.1, 0.15) is 11.5 Å². The standard InChI is InChI=1S/C15H17BrN4O/c1-3-10(2)19-14-9-17-13(8-18-14)15(21)20-12-6-4-11(16)5-7-12/h4-10H,3H2,1-2H3,(H,18,19)(H,20,21). The molecule has 1 aromatic carbocycles. The maximum Gasteiger partial charge on any atom is 0.275 e. The smallest absolute Gasteiger partial charge is 0.275 e. The lowest BCUT2D eigenvalue weighted by Gasteiger charge is -2.11. The number of nitrogens with zero attached hydrogens (tertiary/aromatic N) is 2. The van der Waals surface area contributed by atoms with E-state index in [1.165, 1.54) is 6.20 Å². The van der Waals surface area contributed by atoms with Gasteiger partial charge in [-0.05, 0) is 37.6 Å². The topological polar surface area (TPSA) is 66.9 Å². The summed E-state index contributed by atoms with van der Waals surface area (Å²) in [7, 11) is 0. The largest absolute Gasteiger partial charge is 0.366 e. The van der Waals surface area contributed by atoms with Crippen LogP contribution in [0.2, 0.25) is 0 Å². The maximum atomic E-state index is 12.0. The summed E-state index contributed by atoms with van der Waals surface area (Å²) in [4.78, 5) is 20.4. The lowest BCUT2D eigenvalue weighted by Crippen LogP contribution is -2.17. The number of halogens is 1. The number of nitrogens with one attached hydrogen (secondary N) is 2. The van der Waals surface area contributed by atoms with E-state index >= 15 is 0 Å². The molecule has 2 rings (SSSR count). The van der Waals surface area contributed by atoms with Crippen molar-refractivity contribution >= 4 is 33.3 Å². The van der Waals surface area contributed by atoms with Crippen molar-refractivity contribution in [3.63, 3.8) is 0 Å². The third-order valence-corrected chi connectivity index (χ3v) is 3.52. The van der Waals surface area contributed by atoms with E-state index in [2.05, 4.69) is 50.4 Å². The van der Waals surface area contributed by atoms with Crippen LogP contribution in [-0.4, -0.2) is 21.9 Å². The molecule has 0 aliphatic rings. The molecule has 1 aromatic heterocycles. The molecule has 0 aliphatic heterocycles. The van der Waals surface area contributed by atoms with Crippen LogP contribution >= 0.6 is 15.9 Å². The predicted octanol–water partition coefficient (Wildman–Crippen LogP) is 3.70. The molecule has 21 heavy (non-hydrogen) atoms. The van der Waals surface area contributed by atoms with E-state index in [-0.39, 0.29) is 11.6 Å². The molecule has 5 nitrogen and oxygen atoms in total. The van der Waals surface area contributed by atoms with Crippen molar-refractivity contribution in [2.45, 2.75) is 26.3 Å². The van der Waals surface area contributed by atoms with Crippen LogP contribution in [-0.2, 0) is 0 Å². The lowest BCUT2D eigenvalue weighted by molar-refractivity contribution is 0.102. The number of amides is 1. The fourth-order valence-corrected chi connectivity index (χ4v) is 1.87. The van der Waals surface area contributed by atoms with Crippen molar-refractivity contribution in [1.29, 1.82) is 0 Å². The fourth-order valence-electron chi connectivity index (χ4n) is 1.60. The number of anilines is 2. The minimum atomic E-state index is -0.278. The van der Waals surface area contributed by atoms with Gasteiger partial charge in [-0.2, -0.15) is 0 Å². The molecule has 2 aromatic rings. The predicted molar refractivity (Wildman–Crippen MR) is 87.5 cm³/mol.